The summed E-state index contributed by atoms with van der Waals surface area (Å²) in [7, 11) is 0. The summed E-state index contributed by atoms with van der Waals surface area (Å²) in [5.74, 6) is 0.962. The number of nitrogens with one attached hydrogen (secondary N) is 2. The predicted molar refractivity (Wildman–Crippen MR) is 92.4 cm³/mol. The van der Waals surface area contributed by atoms with Crippen LogP contribution in [0.4, 0.5) is 0 Å². The Morgan fingerprint density at radius 1 is 1.18 bits per heavy atom. The third kappa shape index (κ3) is 4.02. The minimum absolute atomic E-state index is 0. The third-order valence-corrected chi connectivity index (χ3v) is 5.07. The molecule has 0 bridgehead atoms. The summed E-state index contributed by atoms with van der Waals surface area (Å²) in [6.45, 7) is 3.13. The first-order valence-corrected chi connectivity index (χ1v) is 8.32. The SMILES string of the molecule is C[C@H]1C[C@@H](C(=O)NC2CCCC2c2ccccc2)CCN1.Cl. The van der Waals surface area contributed by atoms with Gasteiger partial charge in [-0.05, 0) is 44.7 Å². The molecule has 0 radical (unpaired) electrons. The molecular weight excluding hydrogens is 296 g/mol. The zero-order valence-electron chi connectivity index (χ0n) is 13.3. The second-order valence-electron chi connectivity index (χ2n) is 6.64. The van der Waals surface area contributed by atoms with Crippen molar-refractivity contribution >= 4 is 18.3 Å². The van der Waals surface area contributed by atoms with Crippen LogP contribution in [-0.2, 0) is 4.79 Å². The van der Waals surface area contributed by atoms with Gasteiger partial charge in [0.05, 0.1) is 0 Å². The lowest BCUT2D eigenvalue weighted by molar-refractivity contribution is -0.126. The summed E-state index contributed by atoms with van der Waals surface area (Å²) in [6, 6.07) is 11.4. The lowest BCUT2D eigenvalue weighted by atomic mass is 9.90. The first-order valence-electron chi connectivity index (χ1n) is 8.32. The smallest absolute Gasteiger partial charge is 0.223 e. The van der Waals surface area contributed by atoms with E-state index in [2.05, 4.69) is 47.9 Å². The highest BCUT2D eigenvalue weighted by Gasteiger charge is 2.32. The highest BCUT2D eigenvalue weighted by atomic mass is 35.5. The van der Waals surface area contributed by atoms with Gasteiger partial charge >= 0.3 is 0 Å². The molecule has 2 unspecified atom stereocenters. The van der Waals surface area contributed by atoms with E-state index in [9.17, 15) is 4.79 Å². The molecule has 0 spiro atoms. The van der Waals surface area contributed by atoms with E-state index in [1.165, 1.54) is 18.4 Å². The van der Waals surface area contributed by atoms with Gasteiger partial charge in [-0.2, -0.15) is 0 Å². The maximum atomic E-state index is 12.5. The fraction of sp³-hybridized carbons (Fsp3) is 0.611. The van der Waals surface area contributed by atoms with Gasteiger partial charge in [0.1, 0.15) is 0 Å². The van der Waals surface area contributed by atoms with E-state index in [0.29, 0.717) is 18.0 Å². The molecular formula is C18H27ClN2O. The Kier molecular flexibility index (Phi) is 6.27. The number of rotatable bonds is 3. The molecule has 1 saturated carbocycles. The van der Waals surface area contributed by atoms with E-state index in [-0.39, 0.29) is 24.2 Å². The monoisotopic (exact) mass is 322 g/mol. The molecule has 1 aromatic carbocycles. The second-order valence-corrected chi connectivity index (χ2v) is 6.64. The van der Waals surface area contributed by atoms with Crippen LogP contribution in [0.25, 0.3) is 0 Å². The molecule has 122 valence electrons. The first kappa shape index (κ1) is 17.3. The molecule has 3 rings (SSSR count). The van der Waals surface area contributed by atoms with Crippen LogP contribution in [0.15, 0.2) is 30.3 Å². The van der Waals surface area contributed by atoms with Crippen molar-refractivity contribution in [3.8, 4) is 0 Å². The number of benzene rings is 1. The number of amides is 1. The molecule has 1 aliphatic heterocycles. The van der Waals surface area contributed by atoms with Crippen LogP contribution in [0, 0.1) is 5.92 Å². The average Bonchev–Trinajstić information content (AvgIpc) is 2.96. The van der Waals surface area contributed by atoms with Crippen LogP contribution in [0.3, 0.4) is 0 Å². The molecule has 1 saturated heterocycles. The van der Waals surface area contributed by atoms with Crippen LogP contribution >= 0.6 is 12.4 Å². The number of carbonyl (C=O) groups excluding carboxylic acids is 1. The molecule has 2 fully saturated rings. The number of piperidine rings is 1. The van der Waals surface area contributed by atoms with E-state index in [0.717, 1.165) is 25.8 Å². The quantitative estimate of drug-likeness (QED) is 0.897. The van der Waals surface area contributed by atoms with E-state index in [1.807, 2.05) is 0 Å². The standard InChI is InChI=1S/C18H26N2O.ClH/c1-13-12-15(10-11-19-13)18(21)20-17-9-5-8-16(17)14-6-3-2-4-7-14;/h2-4,6-7,13,15-17,19H,5,8-12H2,1H3,(H,20,21);1H/t13-,15-,16?,17?;/m0./s1. The lowest BCUT2D eigenvalue weighted by Crippen LogP contribution is -2.45. The first-order chi connectivity index (χ1) is 10.2. The van der Waals surface area contributed by atoms with Gasteiger partial charge < -0.3 is 10.6 Å². The van der Waals surface area contributed by atoms with Crippen LogP contribution in [0.2, 0.25) is 0 Å². The van der Waals surface area contributed by atoms with Crippen molar-refractivity contribution in [2.75, 3.05) is 6.54 Å². The molecule has 0 aromatic heterocycles. The Hall–Kier alpha value is -1.06. The normalized spacial score (nSPS) is 31.3. The summed E-state index contributed by atoms with van der Waals surface area (Å²) in [4.78, 5) is 12.5. The minimum Gasteiger partial charge on any atom is -0.353 e. The molecule has 1 aromatic rings. The summed E-state index contributed by atoms with van der Waals surface area (Å²) in [5, 5.41) is 6.77. The zero-order valence-corrected chi connectivity index (χ0v) is 14.1. The molecule has 22 heavy (non-hydrogen) atoms. The minimum atomic E-state index is 0. The van der Waals surface area contributed by atoms with E-state index in [1.54, 1.807) is 0 Å². The molecule has 3 nitrogen and oxygen atoms in total. The highest BCUT2D eigenvalue weighted by Crippen LogP contribution is 2.34. The Morgan fingerprint density at radius 3 is 2.68 bits per heavy atom. The molecule has 1 heterocycles. The fourth-order valence-electron chi connectivity index (χ4n) is 3.90. The second kappa shape index (κ2) is 7.98. The number of hydrogen-bond donors (Lipinski definition) is 2. The summed E-state index contributed by atoms with van der Waals surface area (Å²) in [5.41, 5.74) is 1.37. The molecule has 1 aliphatic carbocycles. The number of halogens is 1. The average molecular weight is 323 g/mol. The summed E-state index contributed by atoms with van der Waals surface area (Å²) >= 11 is 0. The number of carbonyl (C=O) groups is 1. The van der Waals surface area contributed by atoms with Crippen molar-refractivity contribution in [1.82, 2.24) is 10.6 Å². The Labute approximate surface area is 139 Å². The van der Waals surface area contributed by atoms with Gasteiger partial charge in [-0.3, -0.25) is 4.79 Å². The van der Waals surface area contributed by atoms with Crippen molar-refractivity contribution in [2.45, 2.75) is 57.0 Å². The Morgan fingerprint density at radius 2 is 1.95 bits per heavy atom. The van der Waals surface area contributed by atoms with Crippen molar-refractivity contribution < 1.29 is 4.79 Å². The largest absolute Gasteiger partial charge is 0.353 e. The van der Waals surface area contributed by atoms with Gasteiger partial charge in [0, 0.05) is 23.9 Å². The summed E-state index contributed by atoms with van der Waals surface area (Å²) in [6.07, 6.45) is 5.46. The fourth-order valence-corrected chi connectivity index (χ4v) is 3.90. The Balaban J connectivity index is 0.00000176. The molecule has 4 atom stereocenters. The van der Waals surface area contributed by atoms with E-state index >= 15 is 0 Å². The van der Waals surface area contributed by atoms with Gasteiger partial charge in [0.25, 0.3) is 0 Å². The van der Waals surface area contributed by atoms with Crippen LogP contribution < -0.4 is 10.6 Å². The van der Waals surface area contributed by atoms with Crippen LogP contribution in [-0.4, -0.2) is 24.5 Å². The van der Waals surface area contributed by atoms with Crippen LogP contribution in [0.1, 0.15) is 50.5 Å². The van der Waals surface area contributed by atoms with Crippen molar-refractivity contribution in [2.24, 2.45) is 5.92 Å². The molecule has 2 N–H and O–H groups in total. The van der Waals surface area contributed by atoms with Gasteiger partial charge in [-0.25, -0.2) is 0 Å². The highest BCUT2D eigenvalue weighted by molar-refractivity contribution is 5.85. The van der Waals surface area contributed by atoms with Crippen molar-refractivity contribution in [3.63, 3.8) is 0 Å². The van der Waals surface area contributed by atoms with Gasteiger partial charge in [-0.1, -0.05) is 36.8 Å². The van der Waals surface area contributed by atoms with Gasteiger partial charge in [-0.15, -0.1) is 12.4 Å². The number of hydrogen-bond acceptors (Lipinski definition) is 2. The maximum absolute atomic E-state index is 12.5. The van der Waals surface area contributed by atoms with Gasteiger partial charge in [0.15, 0.2) is 0 Å². The zero-order chi connectivity index (χ0) is 14.7. The van der Waals surface area contributed by atoms with E-state index < -0.39 is 0 Å². The molecule has 2 aliphatic rings. The predicted octanol–water partition coefficient (Wildman–Crippen LogP) is 3.25. The van der Waals surface area contributed by atoms with E-state index in [4.69, 9.17) is 0 Å². The topological polar surface area (TPSA) is 41.1 Å². The van der Waals surface area contributed by atoms with Crippen molar-refractivity contribution in [1.29, 1.82) is 0 Å². The third-order valence-electron chi connectivity index (χ3n) is 5.07. The maximum Gasteiger partial charge on any atom is 0.223 e. The lowest BCUT2D eigenvalue weighted by Gasteiger charge is -2.29. The molecule has 1 amide bonds. The van der Waals surface area contributed by atoms with Crippen molar-refractivity contribution in [3.05, 3.63) is 35.9 Å². The summed E-state index contributed by atoms with van der Waals surface area (Å²) < 4.78 is 0. The van der Waals surface area contributed by atoms with Gasteiger partial charge in [0.2, 0.25) is 5.91 Å². The Bertz CT molecular complexity index is 479. The van der Waals surface area contributed by atoms with Crippen LogP contribution in [0.5, 0.6) is 0 Å². The molecule has 4 heteroatoms.